The van der Waals surface area contributed by atoms with Gasteiger partial charge in [0.05, 0.1) is 17.4 Å². The Morgan fingerprint density at radius 3 is 2.72 bits per heavy atom. The lowest BCUT2D eigenvalue weighted by atomic mass is 9.98. The molecule has 1 atom stereocenters. The van der Waals surface area contributed by atoms with Gasteiger partial charge in [-0.05, 0) is 38.0 Å². The smallest absolute Gasteiger partial charge is 0.274 e. The van der Waals surface area contributed by atoms with Crippen molar-refractivity contribution in [3.63, 3.8) is 0 Å². The van der Waals surface area contributed by atoms with Crippen molar-refractivity contribution in [3.05, 3.63) is 65.5 Å². The van der Waals surface area contributed by atoms with E-state index in [-0.39, 0.29) is 11.5 Å². The van der Waals surface area contributed by atoms with Crippen molar-refractivity contribution in [2.45, 2.75) is 39.3 Å². The van der Waals surface area contributed by atoms with Crippen LogP contribution in [-0.2, 0) is 13.6 Å². The number of aromatic nitrogens is 4. The number of hydrogen-bond acceptors (Lipinski definition) is 4. The Kier molecular flexibility index (Phi) is 6.53. The Labute approximate surface area is 210 Å². The number of rotatable bonds is 7. The summed E-state index contributed by atoms with van der Waals surface area (Å²) in [5, 5.41) is 0.827. The Hall–Kier alpha value is -3.65. The molecule has 0 radical (unpaired) electrons. The van der Waals surface area contributed by atoms with Crippen LogP contribution in [0, 0.1) is 0 Å². The molecule has 8 nitrogen and oxygen atoms in total. The van der Waals surface area contributed by atoms with Gasteiger partial charge in [0.2, 0.25) is 0 Å². The second kappa shape index (κ2) is 9.78. The average molecular weight is 487 g/mol. The molecule has 8 heteroatoms. The van der Waals surface area contributed by atoms with Crippen LogP contribution in [0.4, 0.5) is 0 Å². The van der Waals surface area contributed by atoms with Gasteiger partial charge < -0.3 is 19.0 Å². The lowest BCUT2D eigenvalue weighted by Crippen LogP contribution is -2.51. The molecule has 1 aliphatic heterocycles. The molecule has 0 saturated carbocycles. The summed E-state index contributed by atoms with van der Waals surface area (Å²) in [6, 6.07) is 6.33. The van der Waals surface area contributed by atoms with Crippen LogP contribution in [0.25, 0.3) is 33.1 Å². The molecular formula is C28H34N6O2. The van der Waals surface area contributed by atoms with Gasteiger partial charge in [-0.15, -0.1) is 6.58 Å². The number of carbonyl (C=O) groups excluding carboxylic acids is 1. The van der Waals surface area contributed by atoms with Gasteiger partial charge in [0, 0.05) is 80.3 Å². The number of allylic oxidation sites excluding steroid dienone is 1. The lowest BCUT2D eigenvalue weighted by Gasteiger charge is -2.37. The first kappa shape index (κ1) is 24.1. The van der Waals surface area contributed by atoms with E-state index in [1.54, 1.807) is 17.1 Å². The number of nitrogens with zero attached hydrogens (tertiary/aromatic N) is 5. The molecule has 3 aromatic heterocycles. The zero-order valence-electron chi connectivity index (χ0n) is 21.3. The highest BCUT2D eigenvalue weighted by molar-refractivity contribution is 6.06. The van der Waals surface area contributed by atoms with Crippen molar-refractivity contribution in [1.82, 2.24) is 28.9 Å². The molecule has 1 amide bonds. The van der Waals surface area contributed by atoms with Crippen molar-refractivity contribution in [1.29, 1.82) is 0 Å². The SMILES string of the molecule is C=CCCn1cc(-c2cc(C(=O)N3CCN(C(C)CC)CC3)cc3c2ncn3C)c2cc[nH]c2c1=O. The number of hydrogen-bond donors (Lipinski definition) is 1. The number of H-pyrrole nitrogens is 1. The van der Waals surface area contributed by atoms with Crippen molar-refractivity contribution in [2.24, 2.45) is 7.05 Å². The van der Waals surface area contributed by atoms with E-state index in [0.29, 0.717) is 30.1 Å². The summed E-state index contributed by atoms with van der Waals surface area (Å²) in [6.07, 6.45) is 9.06. The molecule has 1 saturated heterocycles. The van der Waals surface area contributed by atoms with Crippen LogP contribution in [0.2, 0.25) is 0 Å². The second-order valence-corrected chi connectivity index (χ2v) is 9.72. The van der Waals surface area contributed by atoms with E-state index in [0.717, 1.165) is 60.1 Å². The Balaban J connectivity index is 1.60. The van der Waals surface area contributed by atoms with Crippen molar-refractivity contribution < 1.29 is 4.79 Å². The molecule has 1 fully saturated rings. The fraction of sp³-hybridized carbons (Fsp3) is 0.393. The predicted molar refractivity (Wildman–Crippen MR) is 144 cm³/mol. The van der Waals surface area contributed by atoms with Crippen LogP contribution in [0.5, 0.6) is 0 Å². The number of pyridine rings is 1. The van der Waals surface area contributed by atoms with Crippen molar-refractivity contribution in [2.75, 3.05) is 26.2 Å². The van der Waals surface area contributed by atoms with Crippen molar-refractivity contribution >= 4 is 27.8 Å². The molecule has 4 aromatic rings. The molecule has 0 bridgehead atoms. The minimum absolute atomic E-state index is 0.0356. The fourth-order valence-corrected chi connectivity index (χ4v) is 5.18. The molecule has 4 heterocycles. The maximum atomic E-state index is 13.7. The summed E-state index contributed by atoms with van der Waals surface area (Å²) in [7, 11) is 1.94. The number of aryl methyl sites for hydroxylation is 2. The zero-order chi connectivity index (χ0) is 25.4. The van der Waals surface area contributed by atoms with Gasteiger partial charge in [0.25, 0.3) is 11.5 Å². The summed E-state index contributed by atoms with van der Waals surface area (Å²) in [4.78, 5) is 38.9. The Bertz CT molecular complexity index is 1490. The van der Waals surface area contributed by atoms with E-state index in [4.69, 9.17) is 0 Å². The first-order chi connectivity index (χ1) is 17.4. The highest BCUT2D eigenvalue weighted by Crippen LogP contribution is 2.33. The van der Waals surface area contributed by atoms with Crippen LogP contribution in [0.1, 0.15) is 37.0 Å². The molecule has 1 N–H and O–H groups in total. The molecule has 188 valence electrons. The van der Waals surface area contributed by atoms with Gasteiger partial charge in [-0.3, -0.25) is 14.5 Å². The van der Waals surface area contributed by atoms with Gasteiger partial charge in [0.1, 0.15) is 5.52 Å². The second-order valence-electron chi connectivity index (χ2n) is 9.72. The third kappa shape index (κ3) is 4.15. The number of aromatic amines is 1. The number of amides is 1. The maximum Gasteiger partial charge on any atom is 0.274 e. The topological polar surface area (TPSA) is 79.2 Å². The van der Waals surface area contributed by atoms with Crippen LogP contribution in [0.15, 0.2) is 54.4 Å². The third-order valence-electron chi connectivity index (χ3n) is 7.55. The van der Waals surface area contributed by atoms with E-state index < -0.39 is 0 Å². The third-order valence-corrected chi connectivity index (χ3v) is 7.55. The van der Waals surface area contributed by atoms with E-state index in [2.05, 4.69) is 35.3 Å². The first-order valence-electron chi connectivity index (χ1n) is 12.7. The van der Waals surface area contributed by atoms with E-state index in [1.807, 2.05) is 47.0 Å². The molecule has 1 aromatic carbocycles. The molecule has 0 spiro atoms. The van der Waals surface area contributed by atoms with Crippen molar-refractivity contribution in [3.8, 4) is 11.1 Å². The standard InChI is InChI=1S/C28H34N6O2/c1-5-7-10-34-17-23(21-8-9-29-26(21)28(34)36)22-15-20(16-24-25(22)30-18-31(24)4)27(35)33-13-11-32(12-14-33)19(3)6-2/h5,8-9,15-19,29H,1,6-7,10-14H2,2-4H3. The Morgan fingerprint density at radius 2 is 2.00 bits per heavy atom. The molecule has 0 aliphatic carbocycles. The number of nitrogens with one attached hydrogen (secondary N) is 1. The maximum absolute atomic E-state index is 13.7. The van der Waals surface area contributed by atoms with Gasteiger partial charge in [0.15, 0.2) is 0 Å². The molecular weight excluding hydrogens is 452 g/mol. The summed E-state index contributed by atoms with van der Waals surface area (Å²) in [6.45, 7) is 12.0. The lowest BCUT2D eigenvalue weighted by molar-refractivity contribution is 0.0580. The van der Waals surface area contributed by atoms with E-state index in [9.17, 15) is 9.59 Å². The highest BCUT2D eigenvalue weighted by atomic mass is 16.2. The van der Waals surface area contributed by atoms with Gasteiger partial charge in [-0.2, -0.15) is 0 Å². The van der Waals surface area contributed by atoms with Gasteiger partial charge in [-0.25, -0.2) is 4.98 Å². The number of piperazine rings is 1. The highest BCUT2D eigenvalue weighted by Gasteiger charge is 2.26. The largest absolute Gasteiger partial charge is 0.357 e. The number of fused-ring (bicyclic) bond motifs is 2. The minimum atomic E-state index is -0.0655. The number of carbonyl (C=O) groups is 1. The normalized spacial score (nSPS) is 15.6. The minimum Gasteiger partial charge on any atom is -0.357 e. The summed E-state index contributed by atoms with van der Waals surface area (Å²) in [5.74, 6) is 0.0356. The summed E-state index contributed by atoms with van der Waals surface area (Å²) < 4.78 is 3.66. The molecule has 5 rings (SSSR count). The summed E-state index contributed by atoms with van der Waals surface area (Å²) >= 11 is 0. The molecule has 1 aliphatic rings. The van der Waals surface area contributed by atoms with Gasteiger partial charge >= 0.3 is 0 Å². The van der Waals surface area contributed by atoms with Crippen LogP contribution in [0.3, 0.4) is 0 Å². The fourth-order valence-electron chi connectivity index (χ4n) is 5.18. The quantitative estimate of drug-likeness (QED) is 0.400. The molecule has 36 heavy (non-hydrogen) atoms. The van der Waals surface area contributed by atoms with Crippen LogP contribution in [-0.4, -0.2) is 67.0 Å². The number of benzene rings is 1. The van der Waals surface area contributed by atoms with E-state index >= 15 is 0 Å². The summed E-state index contributed by atoms with van der Waals surface area (Å²) in [5.41, 5.74) is 4.57. The Morgan fingerprint density at radius 1 is 1.22 bits per heavy atom. The zero-order valence-corrected chi connectivity index (χ0v) is 21.3. The van der Waals surface area contributed by atoms with Gasteiger partial charge in [-0.1, -0.05) is 13.0 Å². The monoisotopic (exact) mass is 486 g/mol. The number of imidazole rings is 1. The predicted octanol–water partition coefficient (Wildman–Crippen LogP) is 4.02. The average Bonchev–Trinajstić information content (AvgIpc) is 3.55. The molecule has 1 unspecified atom stereocenters. The first-order valence-corrected chi connectivity index (χ1v) is 12.7. The van der Waals surface area contributed by atoms with Crippen LogP contribution < -0.4 is 5.56 Å². The van der Waals surface area contributed by atoms with E-state index in [1.165, 1.54) is 0 Å². The van der Waals surface area contributed by atoms with Crippen LogP contribution >= 0.6 is 0 Å².